The average Bonchev–Trinajstić information content (AvgIpc) is 3.61. The van der Waals surface area contributed by atoms with E-state index in [4.69, 9.17) is 29.0 Å². The van der Waals surface area contributed by atoms with Crippen LogP contribution >= 0.6 is 15.6 Å². The minimum absolute atomic E-state index is 0.0306. The molecule has 20 nitrogen and oxygen atoms in total. The molecule has 0 aromatic carbocycles. The van der Waals surface area contributed by atoms with Crippen molar-refractivity contribution in [2.75, 3.05) is 25.6 Å². The molecule has 0 aliphatic carbocycles. The quantitative estimate of drug-likeness (QED) is 0.0141. The number of hydrogen-bond donors (Lipinski definition) is 7. The first-order valence-corrected chi connectivity index (χ1v) is 28.1. The van der Waals surface area contributed by atoms with Gasteiger partial charge in [0.05, 0.1) is 25.4 Å². The van der Waals surface area contributed by atoms with Crippen molar-refractivity contribution in [1.29, 1.82) is 0 Å². The van der Waals surface area contributed by atoms with E-state index < -0.39 is 95.9 Å². The number of hydrogen-bond acceptors (Lipinski definition) is 17. The van der Waals surface area contributed by atoms with Crippen LogP contribution in [-0.4, -0.2) is 108 Å². The lowest BCUT2D eigenvalue weighted by Gasteiger charge is -2.21. The molecular weight excluding hydrogens is 977 g/mol. The van der Waals surface area contributed by atoms with E-state index in [1.54, 1.807) is 6.08 Å². The van der Waals surface area contributed by atoms with Crippen molar-refractivity contribution in [2.24, 2.45) is 0 Å². The molecule has 22 heteroatoms. The van der Waals surface area contributed by atoms with Crippen molar-refractivity contribution >= 4 is 33.4 Å². The first-order chi connectivity index (χ1) is 34.5. The summed E-state index contributed by atoms with van der Waals surface area (Å²) >= 11 is 0. The van der Waals surface area contributed by atoms with Crippen LogP contribution in [-0.2, 0) is 46.3 Å². The Balaban J connectivity index is 1.88. The Labute approximate surface area is 424 Å². The van der Waals surface area contributed by atoms with Gasteiger partial charge in [-0.25, -0.2) is 13.9 Å². The van der Waals surface area contributed by atoms with Gasteiger partial charge >= 0.3 is 33.3 Å². The van der Waals surface area contributed by atoms with Crippen LogP contribution in [0.1, 0.15) is 148 Å². The predicted octanol–water partition coefficient (Wildman–Crippen LogP) is 8.05. The molecule has 0 saturated carbocycles. The van der Waals surface area contributed by atoms with Crippen LogP contribution in [0.15, 0.2) is 90.0 Å². The van der Waals surface area contributed by atoms with Gasteiger partial charge in [-0.15, -0.1) is 0 Å². The highest BCUT2D eigenvalue weighted by atomic mass is 31.3. The van der Waals surface area contributed by atoms with E-state index in [-0.39, 0.29) is 37.9 Å². The molecule has 9 atom stereocenters. The predicted molar refractivity (Wildman–Crippen MR) is 273 cm³/mol. The Bertz CT molecular complexity index is 2030. The fraction of sp³-hybridized carbons (Fsp3) is 0.640. The van der Waals surface area contributed by atoms with Gasteiger partial charge in [0, 0.05) is 19.0 Å². The summed E-state index contributed by atoms with van der Waals surface area (Å²) in [6, 6.07) is 1.23. The fourth-order valence-corrected chi connectivity index (χ4v) is 9.07. The normalized spacial score (nSPS) is 20.6. The van der Waals surface area contributed by atoms with Crippen LogP contribution in [0.3, 0.4) is 0 Å². The number of phosphoric ester groups is 2. The molecule has 408 valence electrons. The van der Waals surface area contributed by atoms with Gasteiger partial charge in [0.25, 0.3) is 0 Å². The number of rotatable bonds is 40. The number of nitrogens with two attached hydrogens (primary N) is 1. The number of phosphoric acid groups is 2. The van der Waals surface area contributed by atoms with E-state index in [9.17, 15) is 53.7 Å². The molecule has 1 aromatic rings. The molecule has 0 amide bonds. The summed E-state index contributed by atoms with van der Waals surface area (Å²) in [6.45, 7) is 1.70. The molecule has 2 rings (SSSR count). The minimum atomic E-state index is -5.49. The first-order valence-electron chi connectivity index (χ1n) is 25.1. The molecule has 1 aliphatic heterocycles. The van der Waals surface area contributed by atoms with Crippen LogP contribution in [0, 0.1) is 0 Å². The lowest BCUT2D eigenvalue weighted by atomic mass is 10.0. The number of nitrogens with zero attached hydrogens (tertiary/aromatic N) is 2. The summed E-state index contributed by atoms with van der Waals surface area (Å²) in [4.78, 5) is 61.9. The van der Waals surface area contributed by atoms with E-state index in [1.807, 2.05) is 18.2 Å². The standard InChI is InChI=1S/C50H81N3O17P2/c1-3-5-7-9-11-13-15-17-18-19-21-23-25-27-29-33-46(57)68-40(37-65-45(56)34-30-32-42(55)41(54)31-28-26-24-22-20-16-14-12-10-8-6-4-2)38-66-71(61,62)70-72(63,64)67-39-43-47(58)48(59)49(69-43)53-36-35-44(51)52-50(53)60/h6,8,11-14,17-18,20,22,26,28,35-36,40-43,47-49,54-55,58-59H,3-5,7,9-10,15-16,19,21,23-25,27,29-34,37-39H2,1-2H3,(H,61,62)(H,63,64)(H2,51,52,60)/b8-6-,13-11-,14-12-,18-17-,22-20-,28-26-/t40-,41+,42+,43-,47-,48-,49-/m1/s1. The summed E-state index contributed by atoms with van der Waals surface area (Å²) in [5.74, 6) is -1.62. The Morgan fingerprint density at radius 3 is 1.94 bits per heavy atom. The van der Waals surface area contributed by atoms with E-state index >= 15 is 0 Å². The third-order valence-electron chi connectivity index (χ3n) is 11.0. The number of allylic oxidation sites excluding steroid dienone is 11. The topological polar surface area (TPSA) is 306 Å². The summed E-state index contributed by atoms with van der Waals surface area (Å²) < 4.78 is 56.5. The monoisotopic (exact) mass is 1060 g/mol. The van der Waals surface area contributed by atoms with Crippen molar-refractivity contribution < 1.29 is 76.5 Å². The third-order valence-corrected chi connectivity index (χ3v) is 13.6. The smallest absolute Gasteiger partial charge is 0.462 e. The molecule has 72 heavy (non-hydrogen) atoms. The molecule has 0 bridgehead atoms. The third kappa shape index (κ3) is 29.7. The molecule has 0 spiro atoms. The highest BCUT2D eigenvalue weighted by Crippen LogP contribution is 2.60. The summed E-state index contributed by atoms with van der Waals surface area (Å²) in [7, 11) is -11.0. The first kappa shape index (κ1) is 64.2. The maximum Gasteiger partial charge on any atom is 0.481 e. The zero-order valence-electron chi connectivity index (χ0n) is 41.9. The summed E-state index contributed by atoms with van der Waals surface area (Å²) in [5.41, 5.74) is 4.56. The molecule has 1 aromatic heterocycles. The van der Waals surface area contributed by atoms with Gasteiger partial charge in [0.15, 0.2) is 12.3 Å². The molecule has 2 heterocycles. The maximum atomic E-state index is 12.9. The second kappa shape index (κ2) is 37.8. The fourth-order valence-electron chi connectivity index (χ4n) is 6.96. The van der Waals surface area contributed by atoms with Crippen molar-refractivity contribution in [1.82, 2.24) is 9.55 Å². The number of esters is 2. The van der Waals surface area contributed by atoms with Gasteiger partial charge in [-0.05, 0) is 89.5 Å². The largest absolute Gasteiger partial charge is 0.481 e. The number of anilines is 1. The number of ether oxygens (including phenoxy) is 3. The van der Waals surface area contributed by atoms with Crippen molar-refractivity contribution in [2.45, 2.75) is 185 Å². The summed E-state index contributed by atoms with van der Waals surface area (Å²) in [5, 5.41) is 41.7. The Hall–Kier alpha value is -3.88. The van der Waals surface area contributed by atoms with Crippen molar-refractivity contribution in [3.8, 4) is 0 Å². The molecule has 2 unspecified atom stereocenters. The van der Waals surface area contributed by atoms with Crippen molar-refractivity contribution in [3.63, 3.8) is 0 Å². The zero-order valence-corrected chi connectivity index (χ0v) is 43.7. The van der Waals surface area contributed by atoms with Crippen LogP contribution < -0.4 is 11.4 Å². The molecule has 1 fully saturated rings. The molecule has 0 radical (unpaired) electrons. The SMILES string of the molecule is CC/C=C\C/C=C\C/C=C\C/C=C\C[C@H](O)[C@@H](O)CCCC(=O)OC[C@H](COP(=O)(O)OP(=O)(O)OC[C@H]1O[C@@H](n2ccc(N)nc2=O)[C@H](O)[C@@H]1O)OC(=O)CCCCCCC/C=C\C/C=C\CCCCC. The van der Waals surface area contributed by atoms with Crippen molar-refractivity contribution in [3.05, 3.63) is 95.7 Å². The highest BCUT2D eigenvalue weighted by molar-refractivity contribution is 7.61. The van der Waals surface area contributed by atoms with Gasteiger partial charge < -0.3 is 50.2 Å². The maximum absolute atomic E-state index is 12.9. The van der Waals surface area contributed by atoms with E-state index in [0.717, 1.165) is 75.0 Å². The van der Waals surface area contributed by atoms with Crippen LogP contribution in [0.5, 0.6) is 0 Å². The van der Waals surface area contributed by atoms with Crippen LogP contribution in [0.4, 0.5) is 5.82 Å². The lowest BCUT2D eigenvalue weighted by molar-refractivity contribution is -0.161. The van der Waals surface area contributed by atoms with Gasteiger partial charge in [-0.1, -0.05) is 119 Å². The van der Waals surface area contributed by atoms with Gasteiger partial charge in [-0.3, -0.25) is 23.2 Å². The number of nitrogen functional groups attached to an aromatic ring is 1. The second-order valence-corrected chi connectivity index (χ2v) is 20.3. The highest BCUT2D eigenvalue weighted by Gasteiger charge is 2.46. The van der Waals surface area contributed by atoms with E-state index in [2.05, 4.69) is 71.8 Å². The number of aliphatic hydroxyl groups is 4. The Kier molecular flexibility index (Phi) is 33.7. The van der Waals surface area contributed by atoms with Gasteiger partial charge in [0.2, 0.25) is 0 Å². The summed E-state index contributed by atoms with van der Waals surface area (Å²) in [6.07, 6.45) is 30.0. The Morgan fingerprint density at radius 1 is 0.736 bits per heavy atom. The number of carbonyl (C=O) groups excluding carboxylic acids is 2. The zero-order chi connectivity index (χ0) is 53.0. The van der Waals surface area contributed by atoms with E-state index in [1.165, 1.54) is 25.3 Å². The average molecular weight is 1060 g/mol. The molecule has 8 N–H and O–H groups in total. The molecular formula is C50H81N3O17P2. The molecule has 1 saturated heterocycles. The van der Waals surface area contributed by atoms with Gasteiger partial charge in [-0.2, -0.15) is 9.29 Å². The molecule has 1 aliphatic rings. The van der Waals surface area contributed by atoms with Crippen LogP contribution in [0.2, 0.25) is 0 Å². The van der Waals surface area contributed by atoms with E-state index in [0.29, 0.717) is 12.8 Å². The number of aromatic nitrogens is 2. The number of unbranched alkanes of at least 4 members (excludes halogenated alkanes) is 8. The minimum Gasteiger partial charge on any atom is -0.462 e. The second-order valence-electron chi connectivity index (χ2n) is 17.2. The van der Waals surface area contributed by atoms with Gasteiger partial charge in [0.1, 0.15) is 30.7 Å². The lowest BCUT2D eigenvalue weighted by Crippen LogP contribution is -2.36. The van der Waals surface area contributed by atoms with Crippen LogP contribution in [0.25, 0.3) is 0 Å². The number of carbonyl (C=O) groups is 2. The Morgan fingerprint density at radius 2 is 1.31 bits per heavy atom. The number of aliphatic hydroxyl groups excluding tert-OH is 4.